The Balaban J connectivity index is 2.96. The van der Waals surface area contributed by atoms with Gasteiger partial charge in [0.25, 0.3) is 5.78 Å². The van der Waals surface area contributed by atoms with Gasteiger partial charge in [-0.2, -0.15) is 0 Å². The van der Waals surface area contributed by atoms with Gasteiger partial charge in [-0.05, 0) is 31.7 Å². The van der Waals surface area contributed by atoms with Crippen molar-refractivity contribution in [3.8, 4) is 0 Å². The lowest BCUT2D eigenvalue weighted by molar-refractivity contribution is -0.137. The van der Waals surface area contributed by atoms with Crippen LogP contribution in [0.25, 0.3) is 0 Å². The van der Waals surface area contributed by atoms with Gasteiger partial charge in [0, 0.05) is 6.20 Å². The number of thioether (sulfide) groups is 1. The number of rotatable bonds is 4. The molecule has 0 unspecified atom stereocenters. The van der Waals surface area contributed by atoms with E-state index in [1.165, 1.54) is 18.0 Å². The molecule has 0 saturated carbocycles. The van der Waals surface area contributed by atoms with Crippen LogP contribution in [0.4, 0.5) is 0 Å². The predicted octanol–water partition coefficient (Wildman–Crippen LogP) is 1.86. The van der Waals surface area contributed by atoms with Crippen molar-refractivity contribution in [2.24, 2.45) is 0 Å². The number of hydrogen-bond donors (Lipinski definition) is 0. The Kier molecular flexibility index (Phi) is 4.49. The maximum Gasteiger partial charge on any atom is 0.379 e. The minimum absolute atomic E-state index is 0.194. The summed E-state index contributed by atoms with van der Waals surface area (Å²) in [7, 11) is 0. The topological polar surface area (TPSA) is 56.3 Å². The van der Waals surface area contributed by atoms with E-state index in [1.807, 2.05) is 6.26 Å². The van der Waals surface area contributed by atoms with Crippen molar-refractivity contribution in [1.29, 1.82) is 0 Å². The van der Waals surface area contributed by atoms with E-state index in [1.54, 1.807) is 19.9 Å². The summed E-state index contributed by atoms with van der Waals surface area (Å²) in [6.45, 7) is 3.63. The van der Waals surface area contributed by atoms with Gasteiger partial charge < -0.3 is 4.74 Å². The van der Waals surface area contributed by atoms with E-state index >= 15 is 0 Å². The molecule has 0 aliphatic rings. The van der Waals surface area contributed by atoms with Crippen molar-refractivity contribution < 1.29 is 14.3 Å². The maximum absolute atomic E-state index is 11.6. The van der Waals surface area contributed by atoms with E-state index in [-0.39, 0.29) is 6.61 Å². The summed E-state index contributed by atoms with van der Waals surface area (Å²) in [5, 5.41) is 0.818. The molecular formula is C11H13NO3S. The van der Waals surface area contributed by atoms with Gasteiger partial charge >= 0.3 is 5.97 Å². The van der Waals surface area contributed by atoms with Crippen molar-refractivity contribution in [1.82, 2.24) is 4.98 Å². The molecule has 1 aromatic rings. The molecular weight excluding hydrogens is 226 g/mol. The standard InChI is InChI=1S/C11H13NO3S/c1-4-15-11(14)10(13)8-6-12-9(16-3)5-7(8)2/h5-6H,4H2,1-3H3. The largest absolute Gasteiger partial charge is 0.460 e. The Morgan fingerprint density at radius 2 is 2.19 bits per heavy atom. The molecule has 86 valence electrons. The summed E-state index contributed by atoms with van der Waals surface area (Å²) >= 11 is 1.48. The van der Waals surface area contributed by atoms with E-state index in [0.717, 1.165) is 10.6 Å². The summed E-state index contributed by atoms with van der Waals surface area (Å²) in [4.78, 5) is 26.9. The van der Waals surface area contributed by atoms with Crippen LogP contribution in [0.1, 0.15) is 22.8 Å². The van der Waals surface area contributed by atoms with Gasteiger partial charge in [-0.1, -0.05) is 0 Å². The Hall–Kier alpha value is -1.36. The number of hydrogen-bond acceptors (Lipinski definition) is 5. The molecule has 0 fully saturated rings. The van der Waals surface area contributed by atoms with Crippen LogP contribution in [-0.2, 0) is 9.53 Å². The Labute approximate surface area is 98.4 Å². The van der Waals surface area contributed by atoms with Gasteiger partial charge in [-0.25, -0.2) is 9.78 Å². The first-order valence-corrected chi connectivity index (χ1v) is 6.04. The third kappa shape index (κ3) is 2.82. The number of pyridine rings is 1. The monoisotopic (exact) mass is 239 g/mol. The second kappa shape index (κ2) is 5.65. The average molecular weight is 239 g/mol. The number of aryl methyl sites for hydroxylation is 1. The smallest absolute Gasteiger partial charge is 0.379 e. The molecule has 16 heavy (non-hydrogen) atoms. The zero-order valence-corrected chi connectivity index (χ0v) is 10.3. The predicted molar refractivity (Wildman–Crippen MR) is 61.7 cm³/mol. The number of nitrogens with zero attached hydrogens (tertiary/aromatic N) is 1. The van der Waals surface area contributed by atoms with E-state index in [9.17, 15) is 9.59 Å². The molecule has 0 aliphatic heterocycles. The third-order valence-corrected chi connectivity index (χ3v) is 2.64. The van der Waals surface area contributed by atoms with E-state index in [0.29, 0.717) is 5.56 Å². The lowest BCUT2D eigenvalue weighted by Gasteiger charge is -2.05. The average Bonchev–Trinajstić information content (AvgIpc) is 2.28. The molecule has 0 saturated heterocycles. The Bertz CT molecular complexity index is 418. The van der Waals surface area contributed by atoms with Crippen LogP contribution < -0.4 is 0 Å². The molecule has 5 heteroatoms. The fourth-order valence-electron chi connectivity index (χ4n) is 1.19. The maximum atomic E-state index is 11.6. The van der Waals surface area contributed by atoms with Crippen LogP contribution in [0.2, 0.25) is 0 Å². The zero-order valence-electron chi connectivity index (χ0n) is 9.44. The normalized spacial score (nSPS) is 9.94. The summed E-state index contributed by atoms with van der Waals surface area (Å²) in [5.41, 5.74) is 1.04. The van der Waals surface area contributed by atoms with Crippen molar-refractivity contribution in [3.63, 3.8) is 0 Å². The SMILES string of the molecule is CCOC(=O)C(=O)c1cnc(SC)cc1C. The number of ketones is 1. The summed E-state index contributed by atoms with van der Waals surface area (Å²) in [6, 6.07) is 1.77. The fourth-order valence-corrected chi connectivity index (χ4v) is 1.64. The molecule has 0 radical (unpaired) electrons. The van der Waals surface area contributed by atoms with Gasteiger partial charge in [-0.3, -0.25) is 4.79 Å². The minimum Gasteiger partial charge on any atom is -0.460 e. The van der Waals surface area contributed by atoms with Crippen LogP contribution in [0.5, 0.6) is 0 Å². The summed E-state index contributed by atoms with van der Waals surface area (Å²) < 4.78 is 4.65. The lowest BCUT2D eigenvalue weighted by atomic mass is 10.1. The third-order valence-electron chi connectivity index (χ3n) is 2.00. The van der Waals surface area contributed by atoms with Gasteiger partial charge in [0.2, 0.25) is 0 Å². The van der Waals surface area contributed by atoms with Gasteiger partial charge in [0.1, 0.15) is 0 Å². The van der Waals surface area contributed by atoms with E-state index in [4.69, 9.17) is 0 Å². The molecule has 4 nitrogen and oxygen atoms in total. The van der Waals surface area contributed by atoms with Crippen LogP contribution in [0.3, 0.4) is 0 Å². The van der Waals surface area contributed by atoms with Gasteiger partial charge in [0.05, 0.1) is 17.2 Å². The molecule has 1 aromatic heterocycles. The summed E-state index contributed by atoms with van der Waals surface area (Å²) in [5.74, 6) is -1.47. The van der Waals surface area contributed by atoms with Crippen molar-refractivity contribution in [2.75, 3.05) is 12.9 Å². The zero-order chi connectivity index (χ0) is 12.1. The van der Waals surface area contributed by atoms with Crippen LogP contribution in [-0.4, -0.2) is 29.6 Å². The molecule has 0 amide bonds. The Morgan fingerprint density at radius 3 is 2.69 bits per heavy atom. The molecule has 0 bridgehead atoms. The molecule has 0 spiro atoms. The van der Waals surface area contributed by atoms with Crippen LogP contribution >= 0.6 is 11.8 Å². The highest BCUT2D eigenvalue weighted by molar-refractivity contribution is 7.98. The summed E-state index contributed by atoms with van der Waals surface area (Å²) in [6.07, 6.45) is 3.31. The Morgan fingerprint density at radius 1 is 1.50 bits per heavy atom. The van der Waals surface area contributed by atoms with Crippen LogP contribution in [0.15, 0.2) is 17.3 Å². The van der Waals surface area contributed by atoms with Crippen molar-refractivity contribution in [2.45, 2.75) is 18.9 Å². The fraction of sp³-hybridized carbons (Fsp3) is 0.364. The highest BCUT2D eigenvalue weighted by Crippen LogP contribution is 2.16. The number of Topliss-reactive ketones (excluding diaryl/α,β-unsaturated/α-hetero) is 1. The van der Waals surface area contributed by atoms with E-state index < -0.39 is 11.8 Å². The highest BCUT2D eigenvalue weighted by Gasteiger charge is 2.19. The molecule has 1 rings (SSSR count). The number of esters is 1. The number of ether oxygens (including phenoxy) is 1. The van der Waals surface area contributed by atoms with Crippen molar-refractivity contribution >= 4 is 23.5 Å². The number of aromatic nitrogens is 1. The number of carbonyl (C=O) groups excluding carboxylic acids is 2. The van der Waals surface area contributed by atoms with Gasteiger partial charge in [-0.15, -0.1) is 11.8 Å². The van der Waals surface area contributed by atoms with Gasteiger partial charge in [0.15, 0.2) is 0 Å². The lowest BCUT2D eigenvalue weighted by Crippen LogP contribution is -2.18. The molecule has 0 N–H and O–H groups in total. The molecule has 0 aliphatic carbocycles. The second-order valence-corrected chi connectivity index (χ2v) is 3.92. The second-order valence-electron chi connectivity index (χ2n) is 3.09. The van der Waals surface area contributed by atoms with Crippen LogP contribution in [0, 0.1) is 6.92 Å². The molecule has 0 atom stereocenters. The highest BCUT2D eigenvalue weighted by atomic mass is 32.2. The first-order valence-electron chi connectivity index (χ1n) is 4.82. The van der Waals surface area contributed by atoms with E-state index in [2.05, 4.69) is 9.72 Å². The number of carbonyl (C=O) groups is 2. The molecule has 0 aromatic carbocycles. The molecule has 1 heterocycles. The first-order chi connectivity index (χ1) is 7.60. The quantitative estimate of drug-likeness (QED) is 0.347. The minimum atomic E-state index is -0.829. The first kappa shape index (κ1) is 12.7. The van der Waals surface area contributed by atoms with Crippen molar-refractivity contribution in [3.05, 3.63) is 23.4 Å².